The van der Waals surface area contributed by atoms with Crippen LogP contribution in [0.5, 0.6) is 0 Å². The molecular formula is C17H17NO2. The van der Waals surface area contributed by atoms with Crippen molar-refractivity contribution in [2.24, 2.45) is 0 Å². The van der Waals surface area contributed by atoms with Crippen LogP contribution in [0.25, 0.3) is 6.08 Å². The molecule has 1 heterocycles. The van der Waals surface area contributed by atoms with Crippen molar-refractivity contribution in [1.29, 1.82) is 0 Å². The van der Waals surface area contributed by atoms with Gasteiger partial charge in [0, 0.05) is 18.5 Å². The first kappa shape index (κ1) is 13.9. The highest BCUT2D eigenvalue weighted by atomic mass is 16.4. The molecule has 0 radical (unpaired) electrons. The second kappa shape index (κ2) is 7.14. The molecule has 102 valence electrons. The van der Waals surface area contributed by atoms with Gasteiger partial charge in [0.15, 0.2) is 0 Å². The number of nitrogens with one attached hydrogen (secondary N) is 1. The van der Waals surface area contributed by atoms with Gasteiger partial charge in [-0.2, -0.15) is 0 Å². The minimum atomic E-state index is -0.894. The van der Waals surface area contributed by atoms with Crippen molar-refractivity contribution in [2.75, 3.05) is 0 Å². The smallest absolute Gasteiger partial charge is 0.328 e. The maximum absolute atomic E-state index is 10.4. The number of H-pyrrole nitrogens is 1. The summed E-state index contributed by atoms with van der Waals surface area (Å²) in [6.45, 7) is 0. The van der Waals surface area contributed by atoms with E-state index in [0.29, 0.717) is 0 Å². The molecule has 2 aromatic rings. The van der Waals surface area contributed by atoms with Crippen LogP contribution in [0.1, 0.15) is 17.5 Å². The minimum Gasteiger partial charge on any atom is -0.478 e. The summed E-state index contributed by atoms with van der Waals surface area (Å²) < 4.78 is 0. The highest BCUT2D eigenvalue weighted by Gasteiger charge is 2.07. The van der Waals surface area contributed by atoms with E-state index >= 15 is 0 Å². The molecule has 1 aliphatic carbocycles. The van der Waals surface area contributed by atoms with Gasteiger partial charge in [0.1, 0.15) is 0 Å². The monoisotopic (exact) mass is 267 g/mol. The molecule has 1 aliphatic rings. The summed E-state index contributed by atoms with van der Waals surface area (Å²) in [4.78, 5) is 13.2. The van der Waals surface area contributed by atoms with E-state index in [1.165, 1.54) is 17.2 Å². The van der Waals surface area contributed by atoms with Crippen LogP contribution >= 0.6 is 0 Å². The number of aromatic amines is 1. The topological polar surface area (TPSA) is 53.1 Å². The maximum Gasteiger partial charge on any atom is 0.328 e. The molecule has 0 saturated heterocycles. The van der Waals surface area contributed by atoms with Crippen molar-refractivity contribution in [3.05, 3.63) is 77.6 Å². The first-order valence-electron chi connectivity index (χ1n) is 6.53. The van der Waals surface area contributed by atoms with Gasteiger partial charge in [-0.15, -0.1) is 0 Å². The van der Waals surface area contributed by atoms with E-state index in [4.69, 9.17) is 5.11 Å². The van der Waals surface area contributed by atoms with Crippen LogP contribution in [0, 0.1) is 0 Å². The number of carboxylic acids is 1. The van der Waals surface area contributed by atoms with Crippen LogP contribution in [0.15, 0.2) is 66.5 Å². The molecule has 0 fully saturated rings. The van der Waals surface area contributed by atoms with E-state index in [0.717, 1.165) is 18.4 Å². The number of aryl methyl sites for hydroxylation is 1. The van der Waals surface area contributed by atoms with Crippen molar-refractivity contribution in [3.8, 4) is 0 Å². The summed E-state index contributed by atoms with van der Waals surface area (Å²) in [5, 5.41) is 8.53. The lowest BCUT2D eigenvalue weighted by atomic mass is 9.92. The molecular weight excluding hydrogens is 250 g/mol. The van der Waals surface area contributed by atoms with E-state index in [2.05, 4.69) is 23.2 Å². The predicted octanol–water partition coefficient (Wildman–Crippen LogP) is 3.67. The first-order chi connectivity index (χ1) is 9.75. The minimum absolute atomic E-state index is 0.894. The fourth-order valence-electron chi connectivity index (χ4n) is 2.04. The molecule has 0 amide bonds. The van der Waals surface area contributed by atoms with Crippen LogP contribution in [-0.2, 0) is 11.2 Å². The zero-order valence-electron chi connectivity index (χ0n) is 11.1. The Kier molecular flexibility index (Phi) is 4.95. The molecule has 3 nitrogen and oxygen atoms in total. The average molecular weight is 267 g/mol. The molecule has 1 aromatic carbocycles. The summed E-state index contributed by atoms with van der Waals surface area (Å²) >= 11 is 0. The number of rotatable bonds is 2. The van der Waals surface area contributed by atoms with Crippen molar-refractivity contribution in [2.45, 2.75) is 12.8 Å². The van der Waals surface area contributed by atoms with E-state index < -0.39 is 5.97 Å². The van der Waals surface area contributed by atoms with Gasteiger partial charge >= 0.3 is 5.97 Å². The molecule has 0 aliphatic heterocycles. The molecule has 1 aromatic heterocycles. The number of aliphatic carboxylic acids is 1. The Morgan fingerprint density at radius 2 is 1.85 bits per heavy atom. The Balaban J connectivity index is 0.000000247. The number of allylic oxidation sites excluding steroid dienone is 2. The zero-order valence-corrected chi connectivity index (χ0v) is 11.1. The Bertz CT molecular complexity index is 592. The van der Waals surface area contributed by atoms with Crippen molar-refractivity contribution >= 4 is 12.0 Å². The summed E-state index contributed by atoms with van der Waals surface area (Å²) in [5.74, 6) is -0.894. The number of hydrogen-bond donors (Lipinski definition) is 2. The Hall–Kier alpha value is -2.55. The van der Waals surface area contributed by atoms with Crippen molar-refractivity contribution in [1.82, 2.24) is 4.98 Å². The van der Waals surface area contributed by atoms with Crippen LogP contribution < -0.4 is 0 Å². The molecule has 3 heteroatoms. The van der Waals surface area contributed by atoms with E-state index in [1.807, 2.05) is 36.7 Å². The summed E-state index contributed by atoms with van der Waals surface area (Å²) in [6.07, 6.45) is 10.6. The molecule has 2 N–H and O–H groups in total. The molecule has 0 spiro atoms. The standard InChI is InChI=1S/C13H12O2.C4H5N/c14-13(15)8-6-10-5-7-11-3-1-2-4-12(11)9-10;1-2-4-5-3-1/h1-4,6,8-9H,5,7H2,(H,14,15);1-5H. The van der Waals surface area contributed by atoms with Crippen molar-refractivity contribution < 1.29 is 9.90 Å². The third-order valence-corrected chi connectivity index (χ3v) is 3.02. The second-order valence-electron chi connectivity index (χ2n) is 4.47. The number of carboxylic acid groups (broad SMARTS) is 1. The summed E-state index contributed by atoms with van der Waals surface area (Å²) in [6, 6.07) is 12.1. The van der Waals surface area contributed by atoms with Crippen LogP contribution in [0.3, 0.4) is 0 Å². The quantitative estimate of drug-likeness (QED) is 0.816. The number of fused-ring (bicyclic) bond motifs is 1. The number of aromatic nitrogens is 1. The summed E-state index contributed by atoms with van der Waals surface area (Å²) in [5.41, 5.74) is 3.62. The highest BCUT2D eigenvalue weighted by molar-refractivity contribution is 5.81. The number of hydrogen-bond acceptors (Lipinski definition) is 1. The third-order valence-electron chi connectivity index (χ3n) is 3.02. The average Bonchev–Trinajstić information content (AvgIpc) is 3.04. The first-order valence-corrected chi connectivity index (χ1v) is 6.53. The zero-order chi connectivity index (χ0) is 14.2. The second-order valence-corrected chi connectivity index (χ2v) is 4.47. The number of benzene rings is 1. The van der Waals surface area contributed by atoms with Crippen LogP contribution in [-0.4, -0.2) is 16.1 Å². The summed E-state index contributed by atoms with van der Waals surface area (Å²) in [7, 11) is 0. The Morgan fingerprint density at radius 3 is 2.50 bits per heavy atom. The van der Waals surface area contributed by atoms with Gasteiger partial charge in [0.05, 0.1) is 0 Å². The molecule has 0 saturated carbocycles. The van der Waals surface area contributed by atoms with Gasteiger partial charge in [-0.25, -0.2) is 4.79 Å². The lowest BCUT2D eigenvalue weighted by Crippen LogP contribution is -1.98. The predicted molar refractivity (Wildman–Crippen MR) is 80.3 cm³/mol. The molecule has 20 heavy (non-hydrogen) atoms. The lowest BCUT2D eigenvalue weighted by molar-refractivity contribution is -0.131. The van der Waals surface area contributed by atoms with Crippen LogP contribution in [0.2, 0.25) is 0 Å². The van der Waals surface area contributed by atoms with E-state index in [9.17, 15) is 4.79 Å². The van der Waals surface area contributed by atoms with Crippen LogP contribution in [0.4, 0.5) is 0 Å². The Morgan fingerprint density at radius 1 is 1.10 bits per heavy atom. The largest absolute Gasteiger partial charge is 0.478 e. The molecule has 0 atom stereocenters. The van der Waals surface area contributed by atoms with Gasteiger partial charge in [-0.05, 0) is 41.7 Å². The fourth-order valence-corrected chi connectivity index (χ4v) is 2.04. The van der Waals surface area contributed by atoms with Gasteiger partial charge in [0.2, 0.25) is 0 Å². The third kappa shape index (κ3) is 4.28. The van der Waals surface area contributed by atoms with Gasteiger partial charge in [-0.1, -0.05) is 36.4 Å². The van der Waals surface area contributed by atoms with Gasteiger partial charge < -0.3 is 10.1 Å². The fraction of sp³-hybridized carbons (Fsp3) is 0.118. The Labute approximate surface area is 118 Å². The van der Waals surface area contributed by atoms with Gasteiger partial charge in [0.25, 0.3) is 0 Å². The number of carbonyl (C=O) groups is 1. The van der Waals surface area contributed by atoms with Crippen molar-refractivity contribution in [3.63, 3.8) is 0 Å². The van der Waals surface area contributed by atoms with Gasteiger partial charge in [-0.3, -0.25) is 0 Å². The highest BCUT2D eigenvalue weighted by Crippen LogP contribution is 2.24. The SMILES string of the molecule is O=C(O)C=CC1=Cc2ccccc2CC1.c1cc[nH]c1. The molecule has 0 unspecified atom stereocenters. The van der Waals surface area contributed by atoms with E-state index in [-0.39, 0.29) is 0 Å². The molecule has 0 bridgehead atoms. The van der Waals surface area contributed by atoms with E-state index in [1.54, 1.807) is 6.08 Å². The maximum atomic E-state index is 10.4. The molecule has 3 rings (SSSR count). The lowest BCUT2D eigenvalue weighted by Gasteiger charge is -2.13. The normalized spacial score (nSPS) is 13.1.